The summed E-state index contributed by atoms with van der Waals surface area (Å²) in [6.45, 7) is 4.75. The molecule has 1 amide bonds. The Morgan fingerprint density at radius 2 is 1.61 bits per heavy atom. The Morgan fingerprint density at radius 1 is 0.831 bits per heavy atom. The standard InChI is InChI=1S/C52H53NO5S/c1-36-12-10-28-51(2)48(45-25-21-37(32-41(54)23-20-36)33-47(45)49(55)46-19-9-8-18-44(46)39-14-4-3-5-15-39)26-29-52(51,57)35-53(30-27-43-17-11-31-59-43)50(56)58-42-24-22-38-13-6-7-16-40(38)34-42/h3-9,11-19,21-22,24-25,31,33-34,41,48,54,57H,10,20,23,26-30,32,35H2,1-2H3/t41-,48-,51-,52+/m0/s1. The maximum Gasteiger partial charge on any atom is 0.415 e. The molecule has 1 fully saturated rings. The lowest BCUT2D eigenvalue weighted by Gasteiger charge is -2.46. The normalized spacial score (nSPS) is 22.0. The van der Waals surface area contributed by atoms with E-state index < -0.39 is 23.2 Å². The lowest BCUT2D eigenvalue weighted by atomic mass is 9.64. The third-order valence-electron chi connectivity index (χ3n) is 13.0. The molecule has 0 saturated heterocycles. The van der Waals surface area contributed by atoms with E-state index in [1.54, 1.807) is 16.2 Å². The Kier molecular flexibility index (Phi) is 12.0. The van der Waals surface area contributed by atoms with Gasteiger partial charge in [0.05, 0.1) is 18.2 Å². The number of aliphatic hydroxyl groups is 2. The smallest absolute Gasteiger partial charge is 0.410 e. The van der Waals surface area contributed by atoms with Crippen LogP contribution in [-0.4, -0.2) is 51.8 Å². The van der Waals surface area contributed by atoms with Crippen molar-refractivity contribution in [3.05, 3.63) is 172 Å². The van der Waals surface area contributed by atoms with E-state index in [-0.39, 0.29) is 18.2 Å². The number of carbonyl (C=O) groups is 2. The molecule has 7 heteroatoms. The molecule has 59 heavy (non-hydrogen) atoms. The number of hydrogen-bond acceptors (Lipinski definition) is 6. The zero-order valence-electron chi connectivity index (χ0n) is 34.0. The quantitative estimate of drug-likeness (QED) is 0.112. The minimum absolute atomic E-state index is 0.0760. The van der Waals surface area contributed by atoms with E-state index in [0.717, 1.165) is 44.3 Å². The summed E-state index contributed by atoms with van der Waals surface area (Å²) in [5, 5.41) is 28.5. The van der Waals surface area contributed by atoms with E-state index in [1.165, 1.54) is 5.57 Å². The van der Waals surface area contributed by atoms with Crippen molar-refractivity contribution in [2.24, 2.45) is 5.41 Å². The van der Waals surface area contributed by atoms with E-state index in [0.29, 0.717) is 68.4 Å². The molecule has 0 radical (unpaired) electrons. The first-order valence-corrected chi connectivity index (χ1v) is 21.8. The van der Waals surface area contributed by atoms with Crippen molar-refractivity contribution in [1.29, 1.82) is 0 Å². The summed E-state index contributed by atoms with van der Waals surface area (Å²) < 4.78 is 6.11. The first-order valence-electron chi connectivity index (χ1n) is 21.0. The molecule has 2 N–H and O–H groups in total. The molecule has 2 bridgehead atoms. The van der Waals surface area contributed by atoms with E-state index >= 15 is 4.79 Å². The molecule has 3 aliphatic carbocycles. The molecule has 9 rings (SSSR count). The van der Waals surface area contributed by atoms with Gasteiger partial charge in [0.1, 0.15) is 5.75 Å². The first kappa shape index (κ1) is 40.4. The topological polar surface area (TPSA) is 87.1 Å². The van der Waals surface area contributed by atoms with E-state index in [1.807, 2.05) is 115 Å². The van der Waals surface area contributed by atoms with Crippen LogP contribution >= 0.6 is 11.3 Å². The summed E-state index contributed by atoms with van der Waals surface area (Å²) in [5.74, 6) is 0.189. The predicted octanol–water partition coefficient (Wildman–Crippen LogP) is 11.6. The monoisotopic (exact) mass is 803 g/mol. The molecule has 4 atom stereocenters. The van der Waals surface area contributed by atoms with Crippen LogP contribution in [0.3, 0.4) is 0 Å². The lowest BCUT2D eigenvalue weighted by Crippen LogP contribution is -2.54. The van der Waals surface area contributed by atoms with Crippen molar-refractivity contribution in [3.8, 4) is 16.9 Å². The maximum atomic E-state index is 15.1. The minimum Gasteiger partial charge on any atom is -0.410 e. The van der Waals surface area contributed by atoms with Gasteiger partial charge in [0, 0.05) is 28.0 Å². The van der Waals surface area contributed by atoms with Gasteiger partial charge in [-0.1, -0.05) is 122 Å². The summed E-state index contributed by atoms with van der Waals surface area (Å²) >= 11 is 1.65. The van der Waals surface area contributed by atoms with Crippen LogP contribution in [0, 0.1) is 5.41 Å². The van der Waals surface area contributed by atoms with Gasteiger partial charge in [0.15, 0.2) is 5.78 Å². The minimum atomic E-state index is -1.30. The number of benzene rings is 5. The average Bonchev–Trinajstić information content (AvgIpc) is 3.87. The highest BCUT2D eigenvalue weighted by atomic mass is 32.1. The molecule has 6 aromatic rings. The van der Waals surface area contributed by atoms with Crippen LogP contribution in [0.5, 0.6) is 5.75 Å². The highest BCUT2D eigenvalue weighted by molar-refractivity contribution is 7.09. The highest BCUT2D eigenvalue weighted by Crippen LogP contribution is 2.59. The van der Waals surface area contributed by atoms with Gasteiger partial charge < -0.3 is 19.8 Å². The SMILES string of the molecule is CC1=CCC[C@@]2(C)[C@@H](CC[C@@]2(O)CN(CCc2cccs2)C(=O)Oc2ccc3ccccc3c2)c2ccc(cc2C(=O)c2ccccc2-c2ccccc2)C[C@@H](O)CC1. The third kappa shape index (κ3) is 8.70. The van der Waals surface area contributed by atoms with Gasteiger partial charge in [-0.15, -0.1) is 11.3 Å². The number of carbonyl (C=O) groups excluding carboxylic acids is 2. The summed E-state index contributed by atoms with van der Waals surface area (Å²) in [4.78, 5) is 32.2. The van der Waals surface area contributed by atoms with Gasteiger partial charge in [-0.3, -0.25) is 4.79 Å². The van der Waals surface area contributed by atoms with Crippen molar-refractivity contribution in [2.75, 3.05) is 13.1 Å². The molecule has 0 unspecified atom stereocenters. The Balaban J connectivity index is 1.18. The second kappa shape index (κ2) is 17.5. The Bertz CT molecular complexity index is 2460. The number of ketones is 1. The van der Waals surface area contributed by atoms with Crippen molar-refractivity contribution < 1.29 is 24.5 Å². The number of nitrogens with zero attached hydrogens (tertiary/aromatic N) is 1. The number of aliphatic hydroxyl groups excluding tert-OH is 1. The molecule has 6 nitrogen and oxygen atoms in total. The van der Waals surface area contributed by atoms with Crippen molar-refractivity contribution >= 4 is 34.0 Å². The highest BCUT2D eigenvalue weighted by Gasteiger charge is 2.58. The Labute approximate surface area is 351 Å². The van der Waals surface area contributed by atoms with Crippen LogP contribution in [-0.2, 0) is 12.8 Å². The number of amides is 1. The van der Waals surface area contributed by atoms with E-state index in [4.69, 9.17) is 4.74 Å². The summed E-state index contributed by atoms with van der Waals surface area (Å²) in [6, 6.07) is 41.6. The van der Waals surface area contributed by atoms with E-state index in [9.17, 15) is 15.0 Å². The van der Waals surface area contributed by atoms with Gasteiger partial charge in [-0.2, -0.15) is 0 Å². The van der Waals surface area contributed by atoms with Crippen molar-refractivity contribution in [3.63, 3.8) is 0 Å². The summed E-state index contributed by atoms with van der Waals surface area (Å²) in [7, 11) is 0. The molecule has 0 aliphatic heterocycles. The summed E-state index contributed by atoms with van der Waals surface area (Å²) in [6.07, 6.45) is 6.10. The number of fused-ring (bicyclic) bond motifs is 9. The van der Waals surface area contributed by atoms with Gasteiger partial charge in [0.25, 0.3) is 0 Å². The molecule has 1 saturated carbocycles. The third-order valence-corrected chi connectivity index (χ3v) is 14.0. The first-order chi connectivity index (χ1) is 28.6. The van der Waals surface area contributed by atoms with Gasteiger partial charge in [0.2, 0.25) is 0 Å². The van der Waals surface area contributed by atoms with Crippen molar-refractivity contribution in [2.45, 2.75) is 82.8 Å². The Hall–Kier alpha value is -5.34. The maximum absolute atomic E-state index is 15.1. The van der Waals surface area contributed by atoms with Crippen LogP contribution in [0.25, 0.3) is 21.9 Å². The second-order valence-corrected chi connectivity index (χ2v) is 17.8. The molecular weight excluding hydrogens is 751 g/mol. The van der Waals surface area contributed by atoms with Crippen LogP contribution in [0.15, 0.2) is 144 Å². The molecular formula is C52H53NO5S. The molecule has 1 aromatic heterocycles. The zero-order valence-corrected chi connectivity index (χ0v) is 34.8. The Morgan fingerprint density at radius 3 is 2.42 bits per heavy atom. The molecule has 3 aliphatic rings. The van der Waals surface area contributed by atoms with Crippen LogP contribution < -0.4 is 4.74 Å². The number of hydrogen-bond donors (Lipinski definition) is 2. The lowest BCUT2D eigenvalue weighted by molar-refractivity contribution is -0.0789. The number of ether oxygens (including phenoxy) is 1. The fourth-order valence-electron chi connectivity index (χ4n) is 9.54. The largest absolute Gasteiger partial charge is 0.415 e. The second-order valence-electron chi connectivity index (χ2n) is 16.8. The fourth-order valence-corrected chi connectivity index (χ4v) is 10.2. The molecule has 5 aromatic carbocycles. The predicted molar refractivity (Wildman–Crippen MR) is 238 cm³/mol. The van der Waals surface area contributed by atoms with Crippen LogP contribution in [0.1, 0.15) is 90.2 Å². The zero-order chi connectivity index (χ0) is 41.0. The summed E-state index contributed by atoms with van der Waals surface area (Å²) in [5.41, 5.74) is 4.04. The number of rotatable bonds is 9. The van der Waals surface area contributed by atoms with E-state index in [2.05, 4.69) is 38.1 Å². The van der Waals surface area contributed by atoms with Crippen LogP contribution in [0.2, 0.25) is 0 Å². The number of allylic oxidation sites excluding steroid dienone is 2. The van der Waals surface area contributed by atoms with Gasteiger partial charge in [-0.25, -0.2) is 4.79 Å². The molecule has 1 heterocycles. The van der Waals surface area contributed by atoms with Crippen molar-refractivity contribution in [1.82, 2.24) is 4.90 Å². The number of thiophene rings is 1. The van der Waals surface area contributed by atoms with Crippen LogP contribution in [0.4, 0.5) is 4.79 Å². The molecule has 302 valence electrons. The van der Waals surface area contributed by atoms with Gasteiger partial charge in [-0.05, 0) is 127 Å². The fraction of sp³-hybridized carbons (Fsp3) is 0.308. The molecule has 0 spiro atoms. The van der Waals surface area contributed by atoms with Gasteiger partial charge >= 0.3 is 6.09 Å². The average molecular weight is 804 g/mol.